The summed E-state index contributed by atoms with van der Waals surface area (Å²) >= 11 is 0. The second kappa shape index (κ2) is 6.57. The van der Waals surface area contributed by atoms with Gasteiger partial charge < -0.3 is 15.4 Å². The number of pyridine rings is 1. The Kier molecular flexibility index (Phi) is 4.34. The number of nitrogens with zero attached hydrogens (tertiary/aromatic N) is 3. The average Bonchev–Trinajstić information content (AvgIpc) is 3.02. The molecule has 1 atom stereocenters. The van der Waals surface area contributed by atoms with Crippen molar-refractivity contribution in [1.29, 1.82) is 0 Å². The van der Waals surface area contributed by atoms with E-state index >= 15 is 0 Å². The topological polar surface area (TPSA) is 97.1 Å². The second-order valence-electron chi connectivity index (χ2n) is 5.33. The van der Waals surface area contributed by atoms with Crippen LogP contribution in [0.2, 0.25) is 0 Å². The van der Waals surface area contributed by atoms with E-state index in [9.17, 15) is 4.79 Å². The lowest BCUT2D eigenvalue weighted by atomic mass is 10.1. The number of hydrogen-bond acceptors (Lipinski definition) is 5. The zero-order valence-corrected chi connectivity index (χ0v) is 12.2. The van der Waals surface area contributed by atoms with Crippen molar-refractivity contribution in [2.75, 3.05) is 13.1 Å². The molecule has 3 rings (SSSR count). The summed E-state index contributed by atoms with van der Waals surface area (Å²) in [6.07, 6.45) is 5.29. The van der Waals surface area contributed by atoms with E-state index in [-0.39, 0.29) is 17.6 Å². The second-order valence-corrected chi connectivity index (χ2v) is 5.33. The van der Waals surface area contributed by atoms with Gasteiger partial charge in [0.25, 0.3) is 5.91 Å². The van der Waals surface area contributed by atoms with E-state index in [0.29, 0.717) is 25.6 Å². The summed E-state index contributed by atoms with van der Waals surface area (Å²) in [6, 6.07) is 6.64. The van der Waals surface area contributed by atoms with Gasteiger partial charge in [-0.15, -0.1) is 0 Å². The first-order valence-corrected chi connectivity index (χ1v) is 7.26. The molecule has 2 aromatic rings. The molecule has 0 unspecified atom stereocenters. The van der Waals surface area contributed by atoms with E-state index in [1.54, 1.807) is 17.3 Å². The van der Waals surface area contributed by atoms with Gasteiger partial charge in [0.15, 0.2) is 5.69 Å². The molecule has 0 aliphatic carbocycles. The van der Waals surface area contributed by atoms with Gasteiger partial charge in [0.05, 0.1) is 6.07 Å². The fourth-order valence-corrected chi connectivity index (χ4v) is 2.42. The van der Waals surface area contributed by atoms with Crippen LogP contribution in [-0.4, -0.2) is 45.1 Å². The molecule has 0 saturated carbocycles. The van der Waals surface area contributed by atoms with Crippen LogP contribution in [0.1, 0.15) is 28.9 Å². The van der Waals surface area contributed by atoms with Crippen molar-refractivity contribution in [2.45, 2.75) is 25.5 Å². The lowest BCUT2D eigenvalue weighted by Crippen LogP contribution is -2.45. The normalized spacial score (nSPS) is 18.2. The number of carbonyl (C=O) groups is 1. The maximum absolute atomic E-state index is 12.3. The molecule has 1 fully saturated rings. The number of H-pyrrole nitrogens is 1. The van der Waals surface area contributed by atoms with Crippen molar-refractivity contribution in [3.8, 4) is 5.88 Å². The fraction of sp³-hybridized carbons (Fsp3) is 0.400. The molecule has 0 aromatic carbocycles. The van der Waals surface area contributed by atoms with Crippen molar-refractivity contribution in [1.82, 2.24) is 20.1 Å². The molecule has 1 radical (unpaired) electrons. The van der Waals surface area contributed by atoms with Crippen molar-refractivity contribution in [3.05, 3.63) is 41.9 Å². The Labute approximate surface area is 128 Å². The van der Waals surface area contributed by atoms with Crippen LogP contribution in [0.15, 0.2) is 24.5 Å². The van der Waals surface area contributed by atoms with Gasteiger partial charge in [-0.25, -0.2) is 5.10 Å². The highest BCUT2D eigenvalue weighted by molar-refractivity contribution is 5.92. The Hall–Kier alpha value is -2.41. The van der Waals surface area contributed by atoms with Crippen LogP contribution in [0.25, 0.3) is 0 Å². The van der Waals surface area contributed by atoms with Gasteiger partial charge in [0.2, 0.25) is 5.88 Å². The highest BCUT2D eigenvalue weighted by Crippen LogP contribution is 2.15. The molecular weight excluding hydrogens is 282 g/mol. The van der Waals surface area contributed by atoms with E-state index in [2.05, 4.69) is 21.2 Å². The molecule has 0 spiro atoms. The van der Waals surface area contributed by atoms with Crippen molar-refractivity contribution < 1.29 is 9.53 Å². The molecule has 3 N–H and O–H groups in total. The maximum atomic E-state index is 12.3. The molecule has 2 aromatic heterocycles. The molecular formula is C15H18N5O2. The number of nitrogens with two attached hydrogens (primary N) is 1. The van der Waals surface area contributed by atoms with E-state index in [1.165, 1.54) is 0 Å². The number of nitrogens with one attached hydrogen (secondary N) is 1. The Morgan fingerprint density at radius 3 is 3.27 bits per heavy atom. The van der Waals surface area contributed by atoms with E-state index in [1.807, 2.05) is 12.1 Å². The van der Waals surface area contributed by atoms with Gasteiger partial charge in [-0.05, 0) is 18.9 Å². The largest absolute Gasteiger partial charge is 0.473 e. The van der Waals surface area contributed by atoms with Crippen molar-refractivity contribution in [3.63, 3.8) is 0 Å². The third-order valence-electron chi connectivity index (χ3n) is 3.55. The zero-order chi connectivity index (χ0) is 15.4. The number of aromatic nitrogens is 3. The number of aromatic amines is 1. The summed E-state index contributed by atoms with van der Waals surface area (Å²) in [5, 5.41) is 6.66. The van der Waals surface area contributed by atoms with Gasteiger partial charge in [-0.2, -0.15) is 5.10 Å². The van der Waals surface area contributed by atoms with Crippen LogP contribution in [0.4, 0.5) is 0 Å². The summed E-state index contributed by atoms with van der Waals surface area (Å²) in [7, 11) is 0. The minimum atomic E-state index is -0.164. The molecule has 22 heavy (non-hydrogen) atoms. The summed E-state index contributed by atoms with van der Waals surface area (Å²) < 4.78 is 5.52. The molecule has 1 aliphatic heterocycles. The molecule has 115 valence electrons. The molecule has 1 aliphatic rings. The van der Waals surface area contributed by atoms with Crippen LogP contribution in [-0.2, 0) is 6.61 Å². The molecule has 3 heterocycles. The highest BCUT2D eigenvalue weighted by atomic mass is 16.5. The summed E-state index contributed by atoms with van der Waals surface area (Å²) in [5.41, 5.74) is 7.06. The van der Waals surface area contributed by atoms with Gasteiger partial charge in [-0.1, -0.05) is 6.07 Å². The van der Waals surface area contributed by atoms with Crippen molar-refractivity contribution >= 4 is 5.91 Å². The summed E-state index contributed by atoms with van der Waals surface area (Å²) in [5.74, 6) is 0.177. The van der Waals surface area contributed by atoms with Crippen LogP contribution < -0.4 is 10.5 Å². The first-order chi connectivity index (χ1) is 10.7. The third-order valence-corrected chi connectivity index (χ3v) is 3.55. The predicted octanol–water partition coefficient (Wildman–Crippen LogP) is 0.747. The van der Waals surface area contributed by atoms with E-state index < -0.39 is 0 Å². The standard InChI is InChI=1S/C15H18N5O2/c16-12-4-2-6-20(9-12)15(21)13-7-14(19-18-13)22-10-11-3-1-5-17-8-11/h1,3,5,8,12H,2,4,6,9-10,16H2,(H,18,19)/t12-/m1/s1. The number of hydrogen-bond donors (Lipinski definition) is 2. The number of amides is 1. The van der Waals surface area contributed by atoms with Gasteiger partial charge in [0, 0.05) is 37.1 Å². The summed E-state index contributed by atoms with van der Waals surface area (Å²) in [4.78, 5) is 18.0. The average molecular weight is 300 g/mol. The van der Waals surface area contributed by atoms with Crippen LogP contribution in [0.3, 0.4) is 0 Å². The van der Waals surface area contributed by atoms with Crippen LogP contribution in [0, 0.1) is 6.07 Å². The Bertz CT molecular complexity index is 628. The lowest BCUT2D eigenvalue weighted by molar-refractivity contribution is 0.0702. The fourth-order valence-electron chi connectivity index (χ4n) is 2.42. The van der Waals surface area contributed by atoms with E-state index in [0.717, 1.165) is 18.4 Å². The van der Waals surface area contributed by atoms with Crippen LogP contribution >= 0.6 is 0 Å². The number of likely N-dealkylation sites (tertiary alicyclic amines) is 1. The van der Waals surface area contributed by atoms with Gasteiger partial charge in [0.1, 0.15) is 6.61 Å². The third kappa shape index (κ3) is 3.43. The lowest BCUT2D eigenvalue weighted by Gasteiger charge is -2.30. The minimum Gasteiger partial charge on any atom is -0.473 e. The summed E-state index contributed by atoms with van der Waals surface area (Å²) in [6.45, 7) is 1.61. The number of carbonyl (C=O) groups excluding carboxylic acids is 1. The van der Waals surface area contributed by atoms with E-state index in [4.69, 9.17) is 10.5 Å². The molecule has 1 amide bonds. The van der Waals surface area contributed by atoms with Gasteiger partial charge in [-0.3, -0.25) is 9.78 Å². The Balaban J connectivity index is 1.59. The molecule has 1 saturated heterocycles. The predicted molar refractivity (Wildman–Crippen MR) is 79.1 cm³/mol. The quantitative estimate of drug-likeness (QED) is 0.868. The van der Waals surface area contributed by atoms with Gasteiger partial charge >= 0.3 is 0 Å². The number of ether oxygens (including phenoxy) is 1. The SMILES string of the molecule is N[C@@H]1CCCN(C(=O)c2[c]c(OCc3cccnc3)[nH]n2)C1. The Morgan fingerprint density at radius 2 is 2.50 bits per heavy atom. The Morgan fingerprint density at radius 1 is 1.59 bits per heavy atom. The first-order valence-electron chi connectivity index (χ1n) is 7.26. The smallest absolute Gasteiger partial charge is 0.275 e. The highest BCUT2D eigenvalue weighted by Gasteiger charge is 2.24. The first kappa shape index (κ1) is 14.5. The van der Waals surface area contributed by atoms with Crippen molar-refractivity contribution in [2.24, 2.45) is 5.73 Å². The molecule has 7 nitrogen and oxygen atoms in total. The zero-order valence-electron chi connectivity index (χ0n) is 12.2. The number of piperidine rings is 1. The number of rotatable bonds is 4. The molecule has 0 bridgehead atoms. The monoisotopic (exact) mass is 300 g/mol. The maximum Gasteiger partial charge on any atom is 0.275 e. The molecule has 7 heteroatoms. The van der Waals surface area contributed by atoms with Crippen LogP contribution in [0.5, 0.6) is 5.88 Å². The minimum absolute atomic E-state index is 0.0398.